The first kappa shape index (κ1) is 10.5. The molecule has 0 unspecified atom stereocenters. The van der Waals surface area contributed by atoms with E-state index in [0.717, 1.165) is 0 Å². The highest BCUT2D eigenvalue weighted by Gasteiger charge is 2.11. The third-order valence-electron chi connectivity index (χ3n) is 3.38. The average Bonchev–Trinajstić information content (AvgIpc) is 2.29. The lowest BCUT2D eigenvalue weighted by molar-refractivity contribution is 0.747. The lowest BCUT2D eigenvalue weighted by Crippen LogP contribution is -2.00. The van der Waals surface area contributed by atoms with E-state index in [1.54, 1.807) is 16.7 Å². The number of rotatable bonds is 1. The van der Waals surface area contributed by atoms with Crippen molar-refractivity contribution in [2.24, 2.45) is 0 Å². The first-order chi connectivity index (χ1) is 7.29. The van der Waals surface area contributed by atoms with Gasteiger partial charge in [0.15, 0.2) is 0 Å². The summed E-state index contributed by atoms with van der Waals surface area (Å²) < 4.78 is 0. The van der Waals surface area contributed by atoms with Gasteiger partial charge in [-0.05, 0) is 62.2 Å². The van der Waals surface area contributed by atoms with E-state index >= 15 is 0 Å². The summed E-state index contributed by atoms with van der Waals surface area (Å²) in [5.41, 5.74) is 6.11. The summed E-state index contributed by atoms with van der Waals surface area (Å²) in [6.07, 6.45) is 14.4. The molecule has 0 nitrogen and oxygen atoms in total. The molecule has 0 radical (unpaired) electrons. The van der Waals surface area contributed by atoms with Crippen LogP contribution in [0.1, 0.15) is 45.4 Å². The summed E-state index contributed by atoms with van der Waals surface area (Å²) >= 11 is 0. The van der Waals surface area contributed by atoms with Gasteiger partial charge in [-0.3, -0.25) is 0 Å². The number of allylic oxidation sites excluding steroid dienone is 7. The van der Waals surface area contributed by atoms with Crippen molar-refractivity contribution in [1.82, 2.24) is 0 Å². The quantitative estimate of drug-likeness (QED) is 0.575. The molecule has 15 heavy (non-hydrogen) atoms. The Morgan fingerprint density at radius 3 is 2.33 bits per heavy atom. The third kappa shape index (κ3) is 2.50. The largest absolute Gasteiger partial charge is 0.0988 e. The topological polar surface area (TPSA) is 0 Å². The lowest BCUT2D eigenvalue weighted by atomic mass is 9.86. The Kier molecular flexibility index (Phi) is 3.25. The smallest absolute Gasteiger partial charge is 0.0273 e. The van der Waals surface area contributed by atoms with E-state index in [1.807, 2.05) is 6.08 Å². The van der Waals surface area contributed by atoms with E-state index in [2.05, 4.69) is 25.7 Å². The molecule has 2 aliphatic rings. The molecule has 80 valence electrons. The van der Waals surface area contributed by atoms with Crippen LogP contribution in [0.15, 0.2) is 47.1 Å². The second-order valence-electron chi connectivity index (χ2n) is 4.67. The normalized spacial score (nSPS) is 27.0. The van der Waals surface area contributed by atoms with Gasteiger partial charge in [-0.15, -0.1) is 0 Å². The molecule has 0 heterocycles. The minimum atomic E-state index is 1.21. The van der Waals surface area contributed by atoms with E-state index in [4.69, 9.17) is 0 Å². The van der Waals surface area contributed by atoms with Gasteiger partial charge in [0.25, 0.3) is 0 Å². The minimum Gasteiger partial charge on any atom is -0.0988 e. The molecule has 0 aromatic rings. The van der Waals surface area contributed by atoms with Crippen molar-refractivity contribution >= 4 is 0 Å². The van der Waals surface area contributed by atoms with Crippen LogP contribution in [-0.2, 0) is 0 Å². The fourth-order valence-corrected chi connectivity index (χ4v) is 2.52. The van der Waals surface area contributed by atoms with Crippen molar-refractivity contribution in [3.63, 3.8) is 0 Å². The fourth-order valence-electron chi connectivity index (χ4n) is 2.52. The zero-order valence-electron chi connectivity index (χ0n) is 9.68. The van der Waals surface area contributed by atoms with Gasteiger partial charge in [-0.2, -0.15) is 0 Å². The Hall–Kier alpha value is -1.04. The molecule has 0 heteroatoms. The Labute approximate surface area is 93.1 Å². The average molecular weight is 200 g/mol. The molecule has 0 spiro atoms. The van der Waals surface area contributed by atoms with Crippen molar-refractivity contribution in [2.45, 2.75) is 45.4 Å². The number of hydrogen-bond acceptors (Lipinski definition) is 0. The highest BCUT2D eigenvalue weighted by atomic mass is 14.2. The maximum absolute atomic E-state index is 3.87. The van der Waals surface area contributed by atoms with Crippen molar-refractivity contribution < 1.29 is 0 Å². The minimum absolute atomic E-state index is 1.21. The molecule has 0 bridgehead atoms. The molecule has 2 rings (SSSR count). The molecule has 0 aliphatic heterocycles. The maximum Gasteiger partial charge on any atom is -0.0273 e. The molecule has 0 N–H and O–H groups in total. The number of hydrogen-bond donors (Lipinski definition) is 0. The molecule has 0 atom stereocenters. The molecule has 0 fully saturated rings. The van der Waals surface area contributed by atoms with Gasteiger partial charge in [0.05, 0.1) is 0 Å². The maximum atomic E-state index is 3.87. The molecule has 2 aliphatic carbocycles. The summed E-state index contributed by atoms with van der Waals surface area (Å²) in [5, 5.41) is 0. The molecule has 0 aromatic carbocycles. The summed E-state index contributed by atoms with van der Waals surface area (Å²) in [6.45, 7) is 6.12. The molecule has 0 aromatic heterocycles. The van der Waals surface area contributed by atoms with Gasteiger partial charge in [0, 0.05) is 0 Å². The van der Waals surface area contributed by atoms with Gasteiger partial charge in [0.1, 0.15) is 0 Å². The van der Waals surface area contributed by atoms with Crippen molar-refractivity contribution in [3.8, 4) is 0 Å². The van der Waals surface area contributed by atoms with Crippen LogP contribution in [0.25, 0.3) is 0 Å². The van der Waals surface area contributed by atoms with E-state index < -0.39 is 0 Å². The van der Waals surface area contributed by atoms with Gasteiger partial charge in [-0.1, -0.05) is 30.4 Å². The summed E-state index contributed by atoms with van der Waals surface area (Å²) in [4.78, 5) is 0. The van der Waals surface area contributed by atoms with E-state index in [9.17, 15) is 0 Å². The third-order valence-corrected chi connectivity index (χ3v) is 3.38. The first-order valence-electron chi connectivity index (χ1n) is 6.02. The van der Waals surface area contributed by atoms with Crippen LogP contribution in [-0.4, -0.2) is 0 Å². The Morgan fingerprint density at radius 1 is 1.00 bits per heavy atom. The van der Waals surface area contributed by atoms with Crippen LogP contribution >= 0.6 is 0 Å². The molecule has 0 saturated heterocycles. The predicted molar refractivity (Wildman–Crippen MR) is 66.8 cm³/mol. The highest BCUT2D eigenvalue weighted by molar-refractivity contribution is 5.41. The van der Waals surface area contributed by atoms with E-state index in [1.165, 1.54) is 44.1 Å². The van der Waals surface area contributed by atoms with Crippen LogP contribution in [0.3, 0.4) is 0 Å². The van der Waals surface area contributed by atoms with Crippen LogP contribution in [0, 0.1) is 0 Å². The summed E-state index contributed by atoms with van der Waals surface area (Å²) in [7, 11) is 0. The Morgan fingerprint density at radius 2 is 1.67 bits per heavy atom. The SMILES string of the molecule is C=CC1=CC(=C2C=C(C)CCC2)CCC1. The predicted octanol–water partition coefficient (Wildman–Crippen LogP) is 4.71. The van der Waals surface area contributed by atoms with Gasteiger partial charge >= 0.3 is 0 Å². The van der Waals surface area contributed by atoms with Gasteiger partial charge < -0.3 is 0 Å². The lowest BCUT2D eigenvalue weighted by Gasteiger charge is -2.19. The summed E-state index contributed by atoms with van der Waals surface area (Å²) in [6, 6.07) is 0. The van der Waals surface area contributed by atoms with E-state index in [-0.39, 0.29) is 0 Å². The van der Waals surface area contributed by atoms with Crippen LogP contribution < -0.4 is 0 Å². The van der Waals surface area contributed by atoms with Gasteiger partial charge in [0.2, 0.25) is 0 Å². The second kappa shape index (κ2) is 4.65. The van der Waals surface area contributed by atoms with Crippen molar-refractivity contribution in [3.05, 3.63) is 47.1 Å². The molecular formula is C15H20. The Balaban J connectivity index is 2.31. The Bertz CT molecular complexity index is 350. The van der Waals surface area contributed by atoms with E-state index in [0.29, 0.717) is 0 Å². The second-order valence-corrected chi connectivity index (χ2v) is 4.67. The van der Waals surface area contributed by atoms with Crippen LogP contribution in [0.4, 0.5) is 0 Å². The standard InChI is InChI=1S/C15H20/c1-3-13-7-5-9-15(11-13)14-8-4-6-12(2)10-14/h3,10-11H,1,4-9H2,2H3. The fraction of sp³-hybridized carbons (Fsp3) is 0.467. The zero-order chi connectivity index (χ0) is 10.7. The monoisotopic (exact) mass is 200 g/mol. The first-order valence-corrected chi connectivity index (χ1v) is 6.02. The van der Waals surface area contributed by atoms with Crippen LogP contribution in [0.2, 0.25) is 0 Å². The molecule has 0 saturated carbocycles. The van der Waals surface area contributed by atoms with Crippen molar-refractivity contribution in [2.75, 3.05) is 0 Å². The molecule has 0 amide bonds. The summed E-state index contributed by atoms with van der Waals surface area (Å²) in [5.74, 6) is 0. The highest BCUT2D eigenvalue weighted by Crippen LogP contribution is 2.31. The van der Waals surface area contributed by atoms with Crippen molar-refractivity contribution in [1.29, 1.82) is 0 Å². The van der Waals surface area contributed by atoms with Crippen LogP contribution in [0.5, 0.6) is 0 Å². The molecular weight excluding hydrogens is 180 g/mol. The van der Waals surface area contributed by atoms with Gasteiger partial charge in [-0.25, -0.2) is 0 Å². The zero-order valence-corrected chi connectivity index (χ0v) is 9.68.